The summed E-state index contributed by atoms with van der Waals surface area (Å²) < 4.78 is 6.77. The number of aromatic nitrogens is 1. The van der Waals surface area contributed by atoms with Gasteiger partial charge in [-0.2, -0.15) is 0 Å². The zero-order valence-electron chi connectivity index (χ0n) is 10.3. The molecule has 1 aliphatic carbocycles. The highest BCUT2D eigenvalue weighted by Crippen LogP contribution is 2.26. The lowest BCUT2D eigenvalue weighted by molar-refractivity contribution is 0.561. The third kappa shape index (κ3) is 2.96. The van der Waals surface area contributed by atoms with Gasteiger partial charge in [-0.05, 0) is 42.7 Å². The third-order valence-corrected chi connectivity index (χ3v) is 3.46. The molecule has 0 bridgehead atoms. The molecular formula is C15H13BrN2O. The van der Waals surface area contributed by atoms with Crippen molar-refractivity contribution in [3.63, 3.8) is 0 Å². The molecule has 0 saturated carbocycles. The lowest BCUT2D eigenvalue weighted by Crippen LogP contribution is -1.89. The first kappa shape index (κ1) is 12.2. The smallest absolute Gasteiger partial charge is 0.299 e. The summed E-state index contributed by atoms with van der Waals surface area (Å²) in [5.74, 6) is 0.837. The largest absolute Gasteiger partial charge is 0.424 e. The fourth-order valence-electron chi connectivity index (χ4n) is 1.94. The Morgan fingerprint density at radius 1 is 1.21 bits per heavy atom. The van der Waals surface area contributed by atoms with Crippen LogP contribution in [0.4, 0.5) is 11.7 Å². The van der Waals surface area contributed by atoms with E-state index in [4.69, 9.17) is 4.42 Å². The first-order valence-corrected chi connectivity index (χ1v) is 6.95. The van der Waals surface area contributed by atoms with Gasteiger partial charge in [-0.15, -0.1) is 0 Å². The molecule has 96 valence electrons. The molecule has 0 spiro atoms. The van der Waals surface area contributed by atoms with Crippen LogP contribution < -0.4 is 5.32 Å². The summed E-state index contributed by atoms with van der Waals surface area (Å²) in [6.45, 7) is 0. The number of halogens is 1. The van der Waals surface area contributed by atoms with Gasteiger partial charge in [0.15, 0.2) is 5.76 Å². The third-order valence-electron chi connectivity index (χ3n) is 2.93. The van der Waals surface area contributed by atoms with Crippen molar-refractivity contribution in [2.24, 2.45) is 0 Å². The summed E-state index contributed by atoms with van der Waals surface area (Å²) in [5.41, 5.74) is 2.15. The van der Waals surface area contributed by atoms with Crippen molar-refractivity contribution < 1.29 is 4.42 Å². The normalized spacial score (nSPS) is 14.3. The Kier molecular flexibility index (Phi) is 3.51. The van der Waals surface area contributed by atoms with E-state index in [1.54, 1.807) is 6.20 Å². The van der Waals surface area contributed by atoms with Crippen molar-refractivity contribution in [2.45, 2.75) is 12.8 Å². The van der Waals surface area contributed by atoms with Crippen LogP contribution in [0.25, 0.3) is 5.57 Å². The number of anilines is 2. The van der Waals surface area contributed by atoms with Gasteiger partial charge in [0.05, 0.1) is 6.20 Å². The molecule has 1 heterocycles. The highest BCUT2D eigenvalue weighted by atomic mass is 79.9. The maximum Gasteiger partial charge on any atom is 0.299 e. The summed E-state index contributed by atoms with van der Waals surface area (Å²) in [7, 11) is 0. The summed E-state index contributed by atoms with van der Waals surface area (Å²) in [4.78, 5) is 4.25. The van der Waals surface area contributed by atoms with Crippen LogP contribution in [0, 0.1) is 0 Å². The van der Waals surface area contributed by atoms with Gasteiger partial charge in [0.25, 0.3) is 6.01 Å². The van der Waals surface area contributed by atoms with Gasteiger partial charge in [0, 0.05) is 10.2 Å². The topological polar surface area (TPSA) is 38.1 Å². The predicted molar refractivity (Wildman–Crippen MR) is 80.3 cm³/mol. The lowest BCUT2D eigenvalue weighted by atomic mass is 10.0. The van der Waals surface area contributed by atoms with Crippen LogP contribution in [0.1, 0.15) is 18.6 Å². The van der Waals surface area contributed by atoms with Crippen molar-refractivity contribution in [1.29, 1.82) is 0 Å². The maximum atomic E-state index is 5.72. The predicted octanol–water partition coefficient (Wildman–Crippen LogP) is 4.91. The molecule has 0 fully saturated rings. The van der Waals surface area contributed by atoms with E-state index in [0.717, 1.165) is 28.8 Å². The van der Waals surface area contributed by atoms with Gasteiger partial charge in [-0.1, -0.05) is 34.2 Å². The minimum Gasteiger partial charge on any atom is -0.424 e. The van der Waals surface area contributed by atoms with E-state index in [0.29, 0.717) is 6.01 Å². The Labute approximate surface area is 120 Å². The molecule has 1 aromatic heterocycles. The van der Waals surface area contributed by atoms with Gasteiger partial charge in [0.1, 0.15) is 0 Å². The molecule has 0 radical (unpaired) electrons. The summed E-state index contributed by atoms with van der Waals surface area (Å²) in [6.07, 6.45) is 10.1. The van der Waals surface area contributed by atoms with Crippen molar-refractivity contribution in [3.8, 4) is 0 Å². The van der Waals surface area contributed by atoms with Gasteiger partial charge >= 0.3 is 0 Å². The molecule has 0 unspecified atom stereocenters. The number of hydrogen-bond acceptors (Lipinski definition) is 3. The number of nitrogens with zero attached hydrogens (tertiary/aromatic N) is 1. The molecule has 19 heavy (non-hydrogen) atoms. The fourth-order valence-corrected chi connectivity index (χ4v) is 2.21. The SMILES string of the molecule is Brc1ccc(Nc2ncc(C3=CC=CCC3)o2)cc1. The Balaban J connectivity index is 1.76. The maximum absolute atomic E-state index is 5.72. The minimum absolute atomic E-state index is 0.521. The quantitative estimate of drug-likeness (QED) is 0.873. The van der Waals surface area contributed by atoms with Crippen LogP contribution in [-0.2, 0) is 0 Å². The van der Waals surface area contributed by atoms with E-state index < -0.39 is 0 Å². The molecule has 4 heteroatoms. The van der Waals surface area contributed by atoms with Crippen LogP contribution >= 0.6 is 15.9 Å². The zero-order valence-corrected chi connectivity index (χ0v) is 11.9. The standard InChI is InChI=1S/C15H13BrN2O/c16-12-6-8-13(9-7-12)18-15-17-10-14(19-15)11-4-2-1-3-5-11/h1-2,4,6-10H,3,5H2,(H,17,18). The van der Waals surface area contributed by atoms with E-state index in [-0.39, 0.29) is 0 Å². The number of nitrogens with one attached hydrogen (secondary N) is 1. The molecule has 2 aromatic rings. The van der Waals surface area contributed by atoms with Gasteiger partial charge in [-0.3, -0.25) is 0 Å². The average Bonchev–Trinajstić information content (AvgIpc) is 2.91. The highest BCUT2D eigenvalue weighted by molar-refractivity contribution is 9.10. The second kappa shape index (κ2) is 5.45. The zero-order chi connectivity index (χ0) is 13.1. The highest BCUT2D eigenvalue weighted by Gasteiger charge is 2.09. The first-order valence-electron chi connectivity index (χ1n) is 6.16. The number of rotatable bonds is 3. The Morgan fingerprint density at radius 2 is 2.05 bits per heavy atom. The van der Waals surface area contributed by atoms with Crippen molar-refractivity contribution in [1.82, 2.24) is 4.98 Å². The molecular weight excluding hydrogens is 304 g/mol. The average molecular weight is 317 g/mol. The summed E-state index contributed by atoms with van der Waals surface area (Å²) >= 11 is 3.41. The second-order valence-corrected chi connectivity index (χ2v) is 5.24. The fraction of sp³-hybridized carbons (Fsp3) is 0.133. The van der Waals surface area contributed by atoms with E-state index in [2.05, 4.69) is 44.5 Å². The van der Waals surface area contributed by atoms with E-state index in [1.165, 1.54) is 5.57 Å². The second-order valence-electron chi connectivity index (χ2n) is 4.32. The van der Waals surface area contributed by atoms with Crippen molar-refractivity contribution in [3.05, 3.63) is 58.9 Å². The Bertz CT molecular complexity index is 626. The van der Waals surface area contributed by atoms with E-state index >= 15 is 0 Å². The minimum atomic E-state index is 0.521. The first-order chi connectivity index (χ1) is 9.31. The number of allylic oxidation sites excluding steroid dienone is 4. The molecule has 1 N–H and O–H groups in total. The van der Waals surface area contributed by atoms with Gasteiger partial charge in [0.2, 0.25) is 0 Å². The van der Waals surface area contributed by atoms with Crippen LogP contribution in [-0.4, -0.2) is 4.98 Å². The van der Waals surface area contributed by atoms with Crippen LogP contribution in [0.5, 0.6) is 0 Å². The molecule has 0 atom stereocenters. The van der Waals surface area contributed by atoms with Crippen LogP contribution in [0.2, 0.25) is 0 Å². The molecule has 0 amide bonds. The molecule has 1 aliphatic rings. The van der Waals surface area contributed by atoms with E-state index in [9.17, 15) is 0 Å². The number of hydrogen-bond donors (Lipinski definition) is 1. The van der Waals surface area contributed by atoms with Crippen LogP contribution in [0.3, 0.4) is 0 Å². The molecule has 3 nitrogen and oxygen atoms in total. The lowest BCUT2D eigenvalue weighted by Gasteiger charge is -2.05. The molecule has 3 rings (SSSR count). The summed E-state index contributed by atoms with van der Waals surface area (Å²) in [5, 5.41) is 3.15. The molecule has 0 saturated heterocycles. The Hall–Kier alpha value is -1.81. The Morgan fingerprint density at radius 3 is 2.79 bits per heavy atom. The monoisotopic (exact) mass is 316 g/mol. The van der Waals surface area contributed by atoms with E-state index in [1.807, 2.05) is 24.3 Å². The molecule has 0 aliphatic heterocycles. The van der Waals surface area contributed by atoms with Gasteiger partial charge in [-0.25, -0.2) is 4.98 Å². The van der Waals surface area contributed by atoms with Crippen molar-refractivity contribution in [2.75, 3.05) is 5.32 Å². The molecule has 1 aromatic carbocycles. The summed E-state index contributed by atoms with van der Waals surface area (Å²) in [6, 6.07) is 8.40. The van der Waals surface area contributed by atoms with Gasteiger partial charge < -0.3 is 9.73 Å². The number of benzene rings is 1. The van der Waals surface area contributed by atoms with Crippen LogP contribution in [0.15, 0.2) is 57.6 Å². The number of oxazole rings is 1. The van der Waals surface area contributed by atoms with Crippen molar-refractivity contribution >= 4 is 33.2 Å².